The number of para-hydroxylation sites is 1. The van der Waals surface area contributed by atoms with Crippen molar-refractivity contribution in [2.45, 2.75) is 13.3 Å². The van der Waals surface area contributed by atoms with Gasteiger partial charge in [-0.25, -0.2) is 10.0 Å². The molecule has 0 aromatic heterocycles. The van der Waals surface area contributed by atoms with E-state index in [1.807, 2.05) is 30.3 Å². The lowest BCUT2D eigenvalue weighted by atomic mass is 10.2. The molecule has 1 heterocycles. The standard InChI is InChI=1S/C11H12N2O2/c1-9(14)13(12-8-7-11(12)15)10-5-3-2-4-6-10/h2-6H,7-8H2,1H3. The molecule has 2 rings (SSSR count). The van der Waals surface area contributed by atoms with Crippen molar-refractivity contribution in [1.82, 2.24) is 5.01 Å². The van der Waals surface area contributed by atoms with Crippen LogP contribution < -0.4 is 5.01 Å². The van der Waals surface area contributed by atoms with Gasteiger partial charge in [0.25, 0.3) is 0 Å². The minimum atomic E-state index is -0.144. The van der Waals surface area contributed by atoms with Crippen molar-refractivity contribution in [3.63, 3.8) is 0 Å². The highest BCUT2D eigenvalue weighted by Gasteiger charge is 2.32. The summed E-state index contributed by atoms with van der Waals surface area (Å²) in [6.45, 7) is 2.08. The zero-order valence-electron chi connectivity index (χ0n) is 8.51. The molecule has 0 spiro atoms. The van der Waals surface area contributed by atoms with E-state index in [9.17, 15) is 9.59 Å². The monoisotopic (exact) mass is 204 g/mol. The molecular formula is C11H12N2O2. The van der Waals surface area contributed by atoms with Crippen molar-refractivity contribution in [1.29, 1.82) is 0 Å². The normalized spacial score (nSPS) is 14.7. The molecule has 1 fully saturated rings. The molecule has 1 aromatic rings. The Morgan fingerprint density at radius 3 is 2.40 bits per heavy atom. The minimum Gasteiger partial charge on any atom is -0.273 e. The minimum absolute atomic E-state index is 0.00551. The Hall–Kier alpha value is -1.84. The first kappa shape index (κ1) is 9.71. The first-order valence-electron chi connectivity index (χ1n) is 4.86. The third-order valence-corrected chi connectivity index (χ3v) is 2.37. The van der Waals surface area contributed by atoms with Crippen LogP contribution in [-0.2, 0) is 9.59 Å². The first-order valence-corrected chi connectivity index (χ1v) is 4.86. The van der Waals surface area contributed by atoms with Crippen LogP contribution in [0.2, 0.25) is 0 Å². The summed E-state index contributed by atoms with van der Waals surface area (Å²) in [7, 11) is 0. The van der Waals surface area contributed by atoms with Crippen LogP contribution in [0.3, 0.4) is 0 Å². The maximum atomic E-state index is 11.5. The van der Waals surface area contributed by atoms with Gasteiger partial charge in [-0.1, -0.05) is 18.2 Å². The van der Waals surface area contributed by atoms with Crippen LogP contribution in [0.1, 0.15) is 13.3 Å². The molecule has 15 heavy (non-hydrogen) atoms. The molecule has 0 N–H and O–H groups in total. The van der Waals surface area contributed by atoms with E-state index in [4.69, 9.17) is 0 Å². The van der Waals surface area contributed by atoms with Crippen LogP contribution in [-0.4, -0.2) is 23.4 Å². The zero-order valence-corrected chi connectivity index (χ0v) is 8.51. The van der Waals surface area contributed by atoms with Crippen LogP contribution in [0.5, 0.6) is 0 Å². The van der Waals surface area contributed by atoms with Crippen LogP contribution >= 0.6 is 0 Å². The second-order valence-electron chi connectivity index (χ2n) is 3.43. The van der Waals surface area contributed by atoms with Crippen LogP contribution in [0.25, 0.3) is 0 Å². The number of carbonyl (C=O) groups is 2. The van der Waals surface area contributed by atoms with E-state index < -0.39 is 0 Å². The van der Waals surface area contributed by atoms with Gasteiger partial charge in [-0.2, -0.15) is 0 Å². The maximum Gasteiger partial charge on any atom is 0.243 e. The largest absolute Gasteiger partial charge is 0.273 e. The Kier molecular flexibility index (Phi) is 2.41. The van der Waals surface area contributed by atoms with Gasteiger partial charge in [0.2, 0.25) is 11.8 Å². The topological polar surface area (TPSA) is 40.6 Å². The molecule has 4 heteroatoms. The van der Waals surface area contributed by atoms with Gasteiger partial charge in [-0.05, 0) is 12.1 Å². The number of rotatable bonds is 2. The molecule has 0 unspecified atom stereocenters. The lowest BCUT2D eigenvalue weighted by molar-refractivity contribution is -0.144. The summed E-state index contributed by atoms with van der Waals surface area (Å²) in [5.74, 6) is -0.150. The van der Waals surface area contributed by atoms with Gasteiger partial charge < -0.3 is 0 Å². The predicted molar refractivity (Wildman–Crippen MR) is 55.9 cm³/mol. The Bertz CT molecular complexity index is 389. The summed E-state index contributed by atoms with van der Waals surface area (Å²) >= 11 is 0. The summed E-state index contributed by atoms with van der Waals surface area (Å²) in [5.41, 5.74) is 0.734. The smallest absolute Gasteiger partial charge is 0.243 e. The van der Waals surface area contributed by atoms with Crippen LogP contribution in [0.15, 0.2) is 30.3 Å². The number of anilines is 1. The molecule has 1 saturated heterocycles. The van der Waals surface area contributed by atoms with Gasteiger partial charge in [0.1, 0.15) is 0 Å². The van der Waals surface area contributed by atoms with E-state index in [1.165, 1.54) is 16.9 Å². The second kappa shape index (κ2) is 3.73. The van der Waals surface area contributed by atoms with Gasteiger partial charge in [0, 0.05) is 13.3 Å². The molecular weight excluding hydrogens is 192 g/mol. The summed E-state index contributed by atoms with van der Waals surface area (Å²) < 4.78 is 0. The van der Waals surface area contributed by atoms with Crippen LogP contribution in [0, 0.1) is 0 Å². The van der Waals surface area contributed by atoms with Gasteiger partial charge in [0.05, 0.1) is 12.2 Å². The molecule has 1 aliphatic rings. The average molecular weight is 204 g/mol. The third-order valence-electron chi connectivity index (χ3n) is 2.37. The summed E-state index contributed by atoms with van der Waals surface area (Å²) in [6, 6.07) is 9.19. The SMILES string of the molecule is CC(=O)N(c1ccccc1)N1CCC1=O. The molecule has 1 aromatic carbocycles. The van der Waals surface area contributed by atoms with E-state index in [0.717, 1.165) is 5.69 Å². The Morgan fingerprint density at radius 2 is 2.00 bits per heavy atom. The predicted octanol–water partition coefficient (Wildman–Crippen LogP) is 1.19. The quantitative estimate of drug-likeness (QED) is 0.679. The number of hydrazine groups is 1. The van der Waals surface area contributed by atoms with Crippen molar-refractivity contribution in [3.8, 4) is 0 Å². The number of carbonyl (C=O) groups excluding carboxylic acids is 2. The highest BCUT2D eigenvalue weighted by molar-refractivity contribution is 5.96. The molecule has 0 atom stereocenters. The lowest BCUT2D eigenvalue weighted by Gasteiger charge is -2.39. The highest BCUT2D eigenvalue weighted by Crippen LogP contribution is 2.21. The molecule has 0 radical (unpaired) electrons. The number of amides is 2. The summed E-state index contributed by atoms with van der Waals surface area (Å²) in [6.07, 6.45) is 0.524. The average Bonchev–Trinajstić information content (AvgIpc) is 2.24. The number of hydrogen-bond donors (Lipinski definition) is 0. The van der Waals surface area contributed by atoms with E-state index >= 15 is 0 Å². The summed E-state index contributed by atoms with van der Waals surface area (Å²) in [4.78, 5) is 22.7. The maximum absolute atomic E-state index is 11.5. The van der Waals surface area contributed by atoms with Gasteiger partial charge >= 0.3 is 0 Å². The Balaban J connectivity index is 2.28. The van der Waals surface area contributed by atoms with Crippen molar-refractivity contribution in [2.75, 3.05) is 11.6 Å². The van der Waals surface area contributed by atoms with Crippen molar-refractivity contribution in [3.05, 3.63) is 30.3 Å². The number of benzene rings is 1. The Morgan fingerprint density at radius 1 is 1.33 bits per heavy atom. The molecule has 1 aliphatic heterocycles. The second-order valence-corrected chi connectivity index (χ2v) is 3.43. The fourth-order valence-electron chi connectivity index (χ4n) is 1.58. The van der Waals surface area contributed by atoms with Gasteiger partial charge in [-0.15, -0.1) is 0 Å². The molecule has 0 aliphatic carbocycles. The van der Waals surface area contributed by atoms with Crippen LogP contribution in [0.4, 0.5) is 5.69 Å². The van der Waals surface area contributed by atoms with E-state index in [1.54, 1.807) is 0 Å². The molecule has 0 saturated carbocycles. The number of β-lactam (4-membered cyclic amide) rings is 1. The molecule has 0 bridgehead atoms. The van der Waals surface area contributed by atoms with E-state index in [2.05, 4.69) is 0 Å². The fraction of sp³-hybridized carbons (Fsp3) is 0.273. The highest BCUT2D eigenvalue weighted by atomic mass is 16.2. The van der Waals surface area contributed by atoms with E-state index in [0.29, 0.717) is 13.0 Å². The van der Waals surface area contributed by atoms with E-state index in [-0.39, 0.29) is 11.8 Å². The van der Waals surface area contributed by atoms with Crippen molar-refractivity contribution >= 4 is 17.5 Å². The number of nitrogens with zero attached hydrogens (tertiary/aromatic N) is 2. The molecule has 78 valence electrons. The van der Waals surface area contributed by atoms with Crippen molar-refractivity contribution < 1.29 is 9.59 Å². The molecule has 4 nitrogen and oxygen atoms in total. The van der Waals surface area contributed by atoms with Crippen molar-refractivity contribution in [2.24, 2.45) is 0 Å². The molecule has 2 amide bonds. The third kappa shape index (κ3) is 1.70. The summed E-state index contributed by atoms with van der Waals surface area (Å²) in [5, 5.41) is 2.89. The fourth-order valence-corrected chi connectivity index (χ4v) is 1.58. The van der Waals surface area contributed by atoms with Gasteiger partial charge in [0.15, 0.2) is 0 Å². The first-order chi connectivity index (χ1) is 7.20. The number of hydrogen-bond acceptors (Lipinski definition) is 2. The Labute approximate surface area is 88.1 Å². The van der Waals surface area contributed by atoms with Gasteiger partial charge in [-0.3, -0.25) is 9.59 Å². The lowest BCUT2D eigenvalue weighted by Crippen LogP contribution is -2.56. The zero-order chi connectivity index (χ0) is 10.8.